The maximum Gasteiger partial charge on any atom is 0.0761 e. The summed E-state index contributed by atoms with van der Waals surface area (Å²) in [5, 5.41) is 10.9. The minimum Gasteiger partial charge on any atom is -0.391 e. The first-order chi connectivity index (χ1) is 9.40. The van der Waals surface area contributed by atoms with E-state index in [2.05, 4.69) is 64.6 Å². The van der Waals surface area contributed by atoms with Crippen molar-refractivity contribution < 1.29 is 5.11 Å². The number of nitrogens with zero attached hydrogens (tertiary/aromatic N) is 1. The fourth-order valence-corrected chi connectivity index (χ4v) is 3.20. The Hall–Kier alpha value is -0.860. The molecule has 0 radical (unpaired) electrons. The van der Waals surface area contributed by atoms with Crippen molar-refractivity contribution in [3.05, 3.63) is 34.9 Å². The molecule has 1 aromatic carbocycles. The van der Waals surface area contributed by atoms with E-state index in [-0.39, 0.29) is 11.6 Å². The molecule has 1 rings (SSSR count). The van der Waals surface area contributed by atoms with E-state index in [0.29, 0.717) is 0 Å². The normalized spacial score (nSPS) is 16.2. The van der Waals surface area contributed by atoms with Crippen molar-refractivity contribution in [2.75, 3.05) is 13.1 Å². The van der Waals surface area contributed by atoms with E-state index in [1.807, 2.05) is 0 Å². The molecule has 114 valence electrons. The second kappa shape index (κ2) is 7.24. The molecule has 0 aliphatic heterocycles. The van der Waals surface area contributed by atoms with Gasteiger partial charge in [0.15, 0.2) is 0 Å². The van der Waals surface area contributed by atoms with Gasteiger partial charge in [0.1, 0.15) is 0 Å². The fraction of sp³-hybridized carbons (Fsp3) is 0.667. The van der Waals surface area contributed by atoms with Crippen LogP contribution in [-0.4, -0.2) is 34.7 Å². The minimum absolute atomic E-state index is 0.155. The molecule has 0 aliphatic rings. The molecule has 0 bridgehead atoms. The molecule has 2 atom stereocenters. The van der Waals surface area contributed by atoms with Gasteiger partial charge in [-0.3, -0.25) is 4.90 Å². The highest BCUT2D eigenvalue weighted by Gasteiger charge is 2.36. The lowest BCUT2D eigenvalue weighted by molar-refractivity contribution is -0.0191. The average molecular weight is 277 g/mol. The molecule has 0 spiro atoms. The molecule has 2 unspecified atom stereocenters. The quantitative estimate of drug-likeness (QED) is 0.821. The van der Waals surface area contributed by atoms with Gasteiger partial charge in [0.25, 0.3) is 0 Å². The molecule has 0 heterocycles. The van der Waals surface area contributed by atoms with Gasteiger partial charge in [0.2, 0.25) is 0 Å². The minimum atomic E-state index is -0.341. The van der Waals surface area contributed by atoms with Gasteiger partial charge < -0.3 is 5.11 Å². The summed E-state index contributed by atoms with van der Waals surface area (Å²) in [6.45, 7) is 14.9. The number of aliphatic hydroxyl groups excluding tert-OH is 1. The first-order valence-electron chi connectivity index (χ1n) is 7.88. The summed E-state index contributed by atoms with van der Waals surface area (Å²) in [5.41, 5.74) is 3.70. The predicted molar refractivity (Wildman–Crippen MR) is 87.2 cm³/mol. The summed E-state index contributed by atoms with van der Waals surface area (Å²) in [7, 11) is 0. The smallest absolute Gasteiger partial charge is 0.0761 e. The van der Waals surface area contributed by atoms with Crippen LogP contribution < -0.4 is 0 Å². The Labute approximate surface area is 124 Å². The monoisotopic (exact) mass is 277 g/mol. The molecule has 2 nitrogen and oxygen atoms in total. The Bertz CT molecular complexity index is 405. The lowest BCUT2D eigenvalue weighted by Crippen LogP contribution is -2.55. The van der Waals surface area contributed by atoms with E-state index in [0.717, 1.165) is 25.9 Å². The van der Waals surface area contributed by atoms with Crippen molar-refractivity contribution in [2.45, 2.75) is 66.0 Å². The van der Waals surface area contributed by atoms with Crippen LogP contribution in [0.1, 0.15) is 50.8 Å². The zero-order chi connectivity index (χ0) is 15.3. The van der Waals surface area contributed by atoms with Gasteiger partial charge in [-0.05, 0) is 57.0 Å². The van der Waals surface area contributed by atoms with E-state index in [4.69, 9.17) is 0 Å². The maximum absolute atomic E-state index is 10.9. The molecule has 1 N–H and O–H groups in total. The second-order valence-corrected chi connectivity index (χ2v) is 5.97. The van der Waals surface area contributed by atoms with Crippen LogP contribution in [0, 0.1) is 13.8 Å². The van der Waals surface area contributed by atoms with Gasteiger partial charge in [-0.15, -0.1) is 0 Å². The third-order valence-corrected chi connectivity index (χ3v) is 4.96. The average Bonchev–Trinajstić information content (AvgIpc) is 2.43. The van der Waals surface area contributed by atoms with Gasteiger partial charge in [0, 0.05) is 12.0 Å². The van der Waals surface area contributed by atoms with Crippen molar-refractivity contribution in [1.29, 1.82) is 0 Å². The highest BCUT2D eigenvalue weighted by atomic mass is 16.3. The van der Waals surface area contributed by atoms with Crippen molar-refractivity contribution in [3.8, 4) is 0 Å². The van der Waals surface area contributed by atoms with E-state index in [1.54, 1.807) is 0 Å². The molecule has 0 aliphatic carbocycles. The number of aryl methyl sites for hydroxylation is 2. The highest BCUT2D eigenvalue weighted by Crippen LogP contribution is 2.27. The third-order valence-electron chi connectivity index (χ3n) is 4.96. The standard InChI is InChI=1S/C18H31NO/c1-7-18(6,19(8-2)9-3)17(20)13-16-14(4)11-10-12-15(16)5/h10-12,17,20H,7-9,13H2,1-6H3. The Morgan fingerprint density at radius 1 is 1.10 bits per heavy atom. The van der Waals surface area contributed by atoms with Crippen molar-refractivity contribution in [3.63, 3.8) is 0 Å². The van der Waals surface area contributed by atoms with Gasteiger partial charge in [-0.2, -0.15) is 0 Å². The molecular formula is C18H31NO. The molecule has 0 saturated carbocycles. The van der Waals surface area contributed by atoms with Gasteiger partial charge in [0.05, 0.1) is 6.10 Å². The zero-order valence-electron chi connectivity index (χ0n) is 14.0. The van der Waals surface area contributed by atoms with Crippen LogP contribution in [0.3, 0.4) is 0 Å². The molecule has 20 heavy (non-hydrogen) atoms. The number of rotatable bonds is 7. The van der Waals surface area contributed by atoms with E-state index < -0.39 is 0 Å². The Balaban J connectivity index is 3.01. The SMILES string of the molecule is CCN(CC)C(C)(CC)C(O)Cc1c(C)cccc1C. The molecular weight excluding hydrogens is 246 g/mol. The number of hydrogen-bond acceptors (Lipinski definition) is 2. The molecule has 0 fully saturated rings. The Kier molecular flexibility index (Phi) is 6.22. The van der Waals surface area contributed by atoms with Crippen LogP contribution in [0.15, 0.2) is 18.2 Å². The summed E-state index contributed by atoms with van der Waals surface area (Å²) >= 11 is 0. The number of hydrogen-bond donors (Lipinski definition) is 1. The second-order valence-electron chi connectivity index (χ2n) is 5.97. The fourth-order valence-electron chi connectivity index (χ4n) is 3.20. The van der Waals surface area contributed by atoms with Crippen molar-refractivity contribution in [2.24, 2.45) is 0 Å². The zero-order valence-corrected chi connectivity index (χ0v) is 14.0. The van der Waals surface area contributed by atoms with E-state index in [1.165, 1.54) is 16.7 Å². The lowest BCUT2D eigenvalue weighted by Gasteiger charge is -2.43. The van der Waals surface area contributed by atoms with Gasteiger partial charge in [-0.1, -0.05) is 39.0 Å². The Morgan fingerprint density at radius 3 is 2.00 bits per heavy atom. The van der Waals surface area contributed by atoms with Crippen molar-refractivity contribution >= 4 is 0 Å². The highest BCUT2D eigenvalue weighted by molar-refractivity contribution is 5.34. The van der Waals surface area contributed by atoms with Crippen LogP contribution >= 0.6 is 0 Å². The number of likely N-dealkylation sites (N-methyl/N-ethyl adjacent to an activating group) is 1. The van der Waals surface area contributed by atoms with Crippen LogP contribution in [0.4, 0.5) is 0 Å². The number of benzene rings is 1. The van der Waals surface area contributed by atoms with Crippen LogP contribution in [0.25, 0.3) is 0 Å². The topological polar surface area (TPSA) is 23.5 Å². The molecule has 2 heteroatoms. The Morgan fingerprint density at radius 2 is 1.60 bits per heavy atom. The maximum atomic E-state index is 10.9. The van der Waals surface area contributed by atoms with Crippen LogP contribution in [0.5, 0.6) is 0 Å². The predicted octanol–water partition coefficient (Wildman–Crippen LogP) is 3.72. The van der Waals surface area contributed by atoms with E-state index >= 15 is 0 Å². The summed E-state index contributed by atoms with van der Waals surface area (Å²) < 4.78 is 0. The summed E-state index contributed by atoms with van der Waals surface area (Å²) in [5.74, 6) is 0. The van der Waals surface area contributed by atoms with Gasteiger partial charge >= 0.3 is 0 Å². The lowest BCUT2D eigenvalue weighted by atomic mass is 9.84. The molecule has 0 saturated heterocycles. The first kappa shape index (κ1) is 17.2. The van der Waals surface area contributed by atoms with Crippen molar-refractivity contribution in [1.82, 2.24) is 4.90 Å². The largest absolute Gasteiger partial charge is 0.391 e. The summed E-state index contributed by atoms with van der Waals surface area (Å²) in [4.78, 5) is 2.38. The molecule has 0 amide bonds. The summed E-state index contributed by atoms with van der Waals surface area (Å²) in [6.07, 6.45) is 1.35. The van der Waals surface area contributed by atoms with E-state index in [9.17, 15) is 5.11 Å². The van der Waals surface area contributed by atoms with Crippen LogP contribution in [-0.2, 0) is 6.42 Å². The third kappa shape index (κ3) is 3.42. The molecule has 0 aromatic heterocycles. The van der Waals surface area contributed by atoms with Crippen LogP contribution in [0.2, 0.25) is 0 Å². The number of aliphatic hydroxyl groups is 1. The summed E-state index contributed by atoms with van der Waals surface area (Å²) in [6, 6.07) is 6.36. The first-order valence-corrected chi connectivity index (χ1v) is 7.88. The molecule has 1 aromatic rings. The van der Waals surface area contributed by atoms with Gasteiger partial charge in [-0.25, -0.2) is 0 Å².